The van der Waals surface area contributed by atoms with E-state index >= 15 is 0 Å². The second-order valence-electron chi connectivity index (χ2n) is 5.52. The van der Waals surface area contributed by atoms with E-state index in [1.165, 1.54) is 16.3 Å². The Morgan fingerprint density at radius 2 is 2.27 bits per heavy atom. The smallest absolute Gasteiger partial charge is 0.123 e. The molecule has 1 fully saturated rings. The maximum Gasteiger partial charge on any atom is 0.123 e. The maximum absolute atomic E-state index is 5.55. The molecule has 0 amide bonds. The summed E-state index contributed by atoms with van der Waals surface area (Å²) in [6, 6.07) is 8.65. The summed E-state index contributed by atoms with van der Waals surface area (Å²) in [6.45, 7) is 6.06. The molecule has 1 atom stereocenters. The molecule has 1 N–H and O–H groups in total. The number of nitrogens with zero attached hydrogens (tertiary/aromatic N) is 2. The molecular weight excluding hydrogens is 294 g/mol. The van der Waals surface area contributed by atoms with Gasteiger partial charge in [0.25, 0.3) is 0 Å². The van der Waals surface area contributed by atoms with Gasteiger partial charge in [-0.25, -0.2) is 4.98 Å². The van der Waals surface area contributed by atoms with Gasteiger partial charge in [0.2, 0.25) is 0 Å². The fourth-order valence-electron chi connectivity index (χ4n) is 2.98. The predicted octanol–water partition coefficient (Wildman–Crippen LogP) is 2.86. The molecule has 5 heteroatoms. The average molecular weight is 317 g/mol. The van der Waals surface area contributed by atoms with Gasteiger partial charge in [-0.2, -0.15) is 0 Å². The van der Waals surface area contributed by atoms with Gasteiger partial charge in [0.05, 0.1) is 23.9 Å². The number of methoxy groups -OCH3 is 1. The molecule has 1 aromatic heterocycles. The van der Waals surface area contributed by atoms with E-state index in [4.69, 9.17) is 9.72 Å². The lowest BCUT2D eigenvalue weighted by Crippen LogP contribution is -2.45. The number of aryl methyl sites for hydroxylation is 1. The molecule has 1 unspecified atom stereocenters. The van der Waals surface area contributed by atoms with Crippen molar-refractivity contribution in [3.63, 3.8) is 0 Å². The van der Waals surface area contributed by atoms with Gasteiger partial charge in [-0.05, 0) is 12.5 Å². The van der Waals surface area contributed by atoms with Crippen molar-refractivity contribution in [2.45, 2.75) is 25.9 Å². The molecule has 0 spiro atoms. The summed E-state index contributed by atoms with van der Waals surface area (Å²) < 4.78 is 5.55. The zero-order valence-corrected chi connectivity index (χ0v) is 14.0. The van der Waals surface area contributed by atoms with E-state index < -0.39 is 0 Å². The Hall–Kier alpha value is -1.43. The Kier molecular flexibility index (Phi) is 5.08. The zero-order chi connectivity index (χ0) is 15.4. The molecule has 4 nitrogen and oxygen atoms in total. The molecule has 1 saturated heterocycles. The van der Waals surface area contributed by atoms with Crippen LogP contribution in [0.15, 0.2) is 29.6 Å². The van der Waals surface area contributed by atoms with Crippen molar-refractivity contribution in [1.82, 2.24) is 15.2 Å². The Balaban J connectivity index is 1.81. The van der Waals surface area contributed by atoms with Gasteiger partial charge >= 0.3 is 0 Å². The first-order valence-corrected chi connectivity index (χ1v) is 8.70. The minimum absolute atomic E-state index is 0.330. The highest BCUT2D eigenvalue weighted by atomic mass is 32.1. The van der Waals surface area contributed by atoms with Crippen LogP contribution >= 0.6 is 11.3 Å². The molecule has 0 radical (unpaired) electrons. The summed E-state index contributed by atoms with van der Waals surface area (Å²) in [7, 11) is 1.74. The van der Waals surface area contributed by atoms with Crippen LogP contribution in [0.2, 0.25) is 0 Å². The Bertz CT molecular complexity index is 613. The molecule has 2 aromatic rings. The van der Waals surface area contributed by atoms with Crippen molar-refractivity contribution in [3.05, 3.63) is 45.9 Å². The van der Waals surface area contributed by atoms with Crippen molar-refractivity contribution in [3.8, 4) is 5.75 Å². The fraction of sp³-hybridized carbons (Fsp3) is 0.471. The van der Waals surface area contributed by atoms with Crippen molar-refractivity contribution >= 4 is 11.3 Å². The van der Waals surface area contributed by atoms with Gasteiger partial charge in [-0.3, -0.25) is 4.90 Å². The normalized spacial score (nSPS) is 19.3. The number of nitrogens with one attached hydrogen (secondary N) is 1. The van der Waals surface area contributed by atoms with Crippen LogP contribution in [-0.2, 0) is 13.0 Å². The van der Waals surface area contributed by atoms with Crippen LogP contribution in [0.5, 0.6) is 5.75 Å². The number of benzene rings is 1. The van der Waals surface area contributed by atoms with Crippen molar-refractivity contribution < 1.29 is 4.74 Å². The second-order valence-corrected chi connectivity index (χ2v) is 6.46. The number of ether oxygens (including phenoxy) is 1. The van der Waals surface area contributed by atoms with E-state index in [-0.39, 0.29) is 0 Å². The quantitative estimate of drug-likeness (QED) is 0.920. The summed E-state index contributed by atoms with van der Waals surface area (Å²) in [6.07, 6.45) is 1.02. The number of thiazole rings is 1. The van der Waals surface area contributed by atoms with E-state index in [0.29, 0.717) is 6.04 Å². The van der Waals surface area contributed by atoms with Gasteiger partial charge in [0.1, 0.15) is 5.75 Å². The largest absolute Gasteiger partial charge is 0.496 e. The molecule has 22 heavy (non-hydrogen) atoms. The van der Waals surface area contributed by atoms with Crippen molar-refractivity contribution in [2.75, 3.05) is 26.7 Å². The summed E-state index contributed by atoms with van der Waals surface area (Å²) >= 11 is 1.76. The average Bonchev–Trinajstić information content (AvgIpc) is 3.03. The standard InChI is InChI=1S/C17H23N3OS/c1-3-17-19-13(12-22-17)11-20-9-8-18-10-15(20)14-6-4-5-7-16(14)21-2/h4-7,12,15,18H,3,8-11H2,1-2H3. The summed E-state index contributed by atoms with van der Waals surface area (Å²) in [4.78, 5) is 7.22. The van der Waals surface area contributed by atoms with Crippen LogP contribution in [0.25, 0.3) is 0 Å². The minimum Gasteiger partial charge on any atom is -0.496 e. The molecule has 1 aliphatic rings. The predicted molar refractivity (Wildman–Crippen MR) is 90.5 cm³/mol. The van der Waals surface area contributed by atoms with Gasteiger partial charge in [0.15, 0.2) is 0 Å². The van der Waals surface area contributed by atoms with Crippen LogP contribution in [0.3, 0.4) is 0 Å². The molecular formula is C17H23N3OS. The number of piperazine rings is 1. The monoisotopic (exact) mass is 317 g/mol. The van der Waals surface area contributed by atoms with Crippen LogP contribution in [-0.4, -0.2) is 36.6 Å². The van der Waals surface area contributed by atoms with Crippen molar-refractivity contribution in [2.24, 2.45) is 0 Å². The molecule has 1 aromatic carbocycles. The van der Waals surface area contributed by atoms with E-state index in [9.17, 15) is 0 Å². The van der Waals surface area contributed by atoms with E-state index in [1.807, 2.05) is 12.1 Å². The first-order chi connectivity index (χ1) is 10.8. The molecule has 0 saturated carbocycles. The van der Waals surface area contributed by atoms with Crippen LogP contribution in [0.1, 0.15) is 29.2 Å². The lowest BCUT2D eigenvalue weighted by Gasteiger charge is -2.36. The van der Waals surface area contributed by atoms with Gasteiger partial charge < -0.3 is 10.1 Å². The van der Waals surface area contributed by atoms with Gasteiger partial charge in [-0.1, -0.05) is 25.1 Å². The van der Waals surface area contributed by atoms with Crippen LogP contribution in [0, 0.1) is 0 Å². The number of hydrogen-bond acceptors (Lipinski definition) is 5. The number of rotatable bonds is 5. The first-order valence-electron chi connectivity index (χ1n) is 7.82. The van der Waals surface area contributed by atoms with E-state index in [1.54, 1.807) is 18.4 Å². The third kappa shape index (κ3) is 3.32. The highest BCUT2D eigenvalue weighted by molar-refractivity contribution is 7.09. The number of aromatic nitrogens is 1. The summed E-state index contributed by atoms with van der Waals surface area (Å²) in [5.41, 5.74) is 2.44. The van der Waals surface area contributed by atoms with Crippen LogP contribution in [0.4, 0.5) is 0 Å². The van der Waals surface area contributed by atoms with E-state index in [2.05, 4.69) is 34.7 Å². The van der Waals surface area contributed by atoms with Crippen molar-refractivity contribution in [1.29, 1.82) is 0 Å². The Labute approximate surface area is 136 Å². The maximum atomic E-state index is 5.55. The molecule has 0 aliphatic carbocycles. The molecule has 3 rings (SSSR count). The molecule has 118 valence electrons. The fourth-order valence-corrected chi connectivity index (χ4v) is 3.71. The SMILES string of the molecule is CCc1nc(CN2CCNCC2c2ccccc2OC)cs1. The summed E-state index contributed by atoms with van der Waals surface area (Å²) in [5.74, 6) is 0.966. The third-order valence-electron chi connectivity index (χ3n) is 4.12. The summed E-state index contributed by atoms with van der Waals surface area (Å²) in [5, 5.41) is 6.92. The molecule has 1 aliphatic heterocycles. The van der Waals surface area contributed by atoms with E-state index in [0.717, 1.165) is 38.3 Å². The third-order valence-corrected chi connectivity index (χ3v) is 5.16. The lowest BCUT2D eigenvalue weighted by atomic mass is 10.0. The highest BCUT2D eigenvalue weighted by Gasteiger charge is 2.26. The van der Waals surface area contributed by atoms with Gasteiger partial charge in [-0.15, -0.1) is 11.3 Å². The Morgan fingerprint density at radius 1 is 1.41 bits per heavy atom. The minimum atomic E-state index is 0.330. The van der Waals surface area contributed by atoms with Crippen LogP contribution < -0.4 is 10.1 Å². The second kappa shape index (κ2) is 7.22. The first kappa shape index (κ1) is 15.5. The Morgan fingerprint density at radius 3 is 3.05 bits per heavy atom. The topological polar surface area (TPSA) is 37.4 Å². The molecule has 2 heterocycles. The van der Waals surface area contributed by atoms with Gasteiger partial charge in [0, 0.05) is 37.1 Å². The number of hydrogen-bond donors (Lipinski definition) is 1. The molecule has 0 bridgehead atoms. The highest BCUT2D eigenvalue weighted by Crippen LogP contribution is 2.31. The number of para-hydroxylation sites is 1. The zero-order valence-electron chi connectivity index (χ0n) is 13.2. The lowest BCUT2D eigenvalue weighted by molar-refractivity contribution is 0.149.